The maximum absolute atomic E-state index is 3.36. The van der Waals surface area contributed by atoms with E-state index in [1.54, 1.807) is 0 Å². The molecule has 1 heterocycles. The van der Waals surface area contributed by atoms with Crippen LogP contribution in [-0.4, -0.2) is 19.3 Å². The smallest absolute Gasteiger partial charge is 0.0731 e. The lowest BCUT2D eigenvalue weighted by atomic mass is 10.1. The second-order valence-corrected chi connectivity index (χ2v) is 3.51. The average molecular weight is 142 g/mol. The van der Waals surface area contributed by atoms with Gasteiger partial charge in [-0.1, -0.05) is 13.8 Å². The molecular formula is C8H18N2. The summed E-state index contributed by atoms with van der Waals surface area (Å²) in [5.74, 6) is 0.847. The Morgan fingerprint density at radius 3 is 2.60 bits per heavy atom. The van der Waals surface area contributed by atoms with Gasteiger partial charge in [-0.3, -0.25) is 5.32 Å². The fourth-order valence-electron chi connectivity index (χ4n) is 1.22. The van der Waals surface area contributed by atoms with Gasteiger partial charge in [0, 0.05) is 6.04 Å². The molecule has 60 valence electrons. The fourth-order valence-corrected chi connectivity index (χ4v) is 1.22. The van der Waals surface area contributed by atoms with Crippen LogP contribution in [0.4, 0.5) is 0 Å². The zero-order valence-corrected chi connectivity index (χ0v) is 7.15. The second-order valence-electron chi connectivity index (χ2n) is 3.51. The summed E-state index contributed by atoms with van der Waals surface area (Å²) in [7, 11) is 2.01. The average Bonchev–Trinajstić information content (AvgIpc) is 2.61. The van der Waals surface area contributed by atoms with Crippen LogP contribution in [0.5, 0.6) is 0 Å². The molecule has 1 saturated heterocycles. The molecule has 0 aromatic carbocycles. The van der Waals surface area contributed by atoms with Crippen molar-refractivity contribution >= 4 is 0 Å². The van der Waals surface area contributed by atoms with Gasteiger partial charge in [0.1, 0.15) is 0 Å². The second kappa shape index (κ2) is 3.35. The van der Waals surface area contributed by atoms with Crippen LogP contribution in [0, 0.1) is 5.92 Å². The van der Waals surface area contributed by atoms with E-state index in [2.05, 4.69) is 24.5 Å². The molecule has 2 heteroatoms. The van der Waals surface area contributed by atoms with Gasteiger partial charge in [0.25, 0.3) is 0 Å². The first-order valence-electron chi connectivity index (χ1n) is 4.17. The molecule has 1 rings (SSSR count). The predicted molar refractivity (Wildman–Crippen MR) is 43.8 cm³/mol. The monoisotopic (exact) mass is 142 g/mol. The van der Waals surface area contributed by atoms with Crippen LogP contribution in [0.3, 0.4) is 0 Å². The summed E-state index contributed by atoms with van der Waals surface area (Å²) in [6.07, 6.45) is 3.28. The van der Waals surface area contributed by atoms with E-state index in [0.717, 1.165) is 12.0 Å². The molecule has 10 heavy (non-hydrogen) atoms. The molecule has 0 aliphatic carbocycles. The number of likely N-dealkylation sites (N-methyl/N-ethyl adjacent to an activating group) is 1. The topological polar surface area (TPSA) is 34.0 Å². The van der Waals surface area contributed by atoms with Gasteiger partial charge in [0.15, 0.2) is 0 Å². The third-order valence-corrected chi connectivity index (χ3v) is 2.05. The first-order chi connectivity index (χ1) is 4.74. The minimum absolute atomic E-state index is 0.610. The first kappa shape index (κ1) is 8.02. The zero-order chi connectivity index (χ0) is 7.56. The van der Waals surface area contributed by atoms with Gasteiger partial charge in [-0.15, -0.1) is 0 Å². The molecule has 0 spiro atoms. The minimum atomic E-state index is 0.610. The van der Waals surface area contributed by atoms with Crippen molar-refractivity contribution in [3.8, 4) is 0 Å². The fraction of sp³-hybridized carbons (Fsp3) is 1.00. The lowest BCUT2D eigenvalue weighted by Crippen LogP contribution is -2.14. The Balaban J connectivity index is 1.96. The SMILES string of the molecule is CNC1NC1CCC(C)C. The summed E-state index contributed by atoms with van der Waals surface area (Å²) in [6, 6.07) is 0.757. The maximum atomic E-state index is 3.36. The van der Waals surface area contributed by atoms with Crippen molar-refractivity contribution in [2.75, 3.05) is 7.05 Å². The Morgan fingerprint density at radius 2 is 2.20 bits per heavy atom. The van der Waals surface area contributed by atoms with Crippen LogP contribution in [0.2, 0.25) is 0 Å². The van der Waals surface area contributed by atoms with Crippen molar-refractivity contribution < 1.29 is 0 Å². The summed E-state index contributed by atoms with van der Waals surface area (Å²) >= 11 is 0. The van der Waals surface area contributed by atoms with Crippen LogP contribution in [0.15, 0.2) is 0 Å². The minimum Gasteiger partial charge on any atom is -0.304 e. The van der Waals surface area contributed by atoms with E-state index < -0.39 is 0 Å². The summed E-state index contributed by atoms with van der Waals surface area (Å²) in [5, 5.41) is 6.56. The molecule has 2 nitrogen and oxygen atoms in total. The Labute approximate surface area is 63.4 Å². The number of hydrogen-bond donors (Lipinski definition) is 2. The van der Waals surface area contributed by atoms with Gasteiger partial charge in [-0.25, -0.2) is 0 Å². The lowest BCUT2D eigenvalue weighted by Gasteiger charge is -2.00. The summed E-state index contributed by atoms with van der Waals surface area (Å²) in [4.78, 5) is 0. The highest BCUT2D eigenvalue weighted by Gasteiger charge is 2.33. The van der Waals surface area contributed by atoms with Crippen LogP contribution in [0.1, 0.15) is 26.7 Å². The normalized spacial score (nSPS) is 31.2. The summed E-state index contributed by atoms with van der Waals surface area (Å²) < 4.78 is 0. The van der Waals surface area contributed by atoms with Crippen molar-refractivity contribution in [2.45, 2.75) is 38.9 Å². The van der Waals surface area contributed by atoms with Crippen molar-refractivity contribution in [2.24, 2.45) is 5.92 Å². The van der Waals surface area contributed by atoms with E-state index in [9.17, 15) is 0 Å². The van der Waals surface area contributed by atoms with Gasteiger partial charge < -0.3 is 5.32 Å². The highest BCUT2D eigenvalue weighted by molar-refractivity contribution is 4.94. The summed E-state index contributed by atoms with van der Waals surface area (Å²) in [6.45, 7) is 4.55. The lowest BCUT2D eigenvalue weighted by molar-refractivity contribution is 0.543. The largest absolute Gasteiger partial charge is 0.304 e. The van der Waals surface area contributed by atoms with E-state index in [1.165, 1.54) is 12.8 Å². The predicted octanol–water partition coefficient (Wildman–Crippen LogP) is 0.940. The third-order valence-electron chi connectivity index (χ3n) is 2.05. The van der Waals surface area contributed by atoms with Crippen LogP contribution in [-0.2, 0) is 0 Å². The van der Waals surface area contributed by atoms with Crippen molar-refractivity contribution in [1.82, 2.24) is 10.6 Å². The molecule has 2 unspecified atom stereocenters. The van der Waals surface area contributed by atoms with Gasteiger partial charge in [-0.05, 0) is 25.8 Å². The molecule has 0 amide bonds. The van der Waals surface area contributed by atoms with E-state index in [4.69, 9.17) is 0 Å². The van der Waals surface area contributed by atoms with Gasteiger partial charge in [-0.2, -0.15) is 0 Å². The molecule has 1 aliphatic rings. The standard InChI is InChI=1S/C8H18N2/c1-6(2)4-5-7-8(9-3)10-7/h6-10H,4-5H2,1-3H3. The molecule has 2 atom stereocenters. The first-order valence-corrected chi connectivity index (χ1v) is 4.17. The molecule has 0 bridgehead atoms. The Hall–Kier alpha value is -0.0800. The summed E-state index contributed by atoms with van der Waals surface area (Å²) in [5.41, 5.74) is 0. The molecule has 1 fully saturated rings. The highest BCUT2D eigenvalue weighted by Crippen LogP contribution is 2.16. The quantitative estimate of drug-likeness (QED) is 0.573. The molecule has 0 aromatic rings. The van der Waals surface area contributed by atoms with Crippen LogP contribution in [0.25, 0.3) is 0 Å². The molecule has 0 radical (unpaired) electrons. The van der Waals surface area contributed by atoms with Crippen LogP contribution < -0.4 is 10.6 Å². The molecule has 0 aromatic heterocycles. The van der Waals surface area contributed by atoms with Crippen LogP contribution >= 0.6 is 0 Å². The number of rotatable bonds is 4. The molecular weight excluding hydrogens is 124 g/mol. The van der Waals surface area contributed by atoms with E-state index in [1.807, 2.05) is 7.05 Å². The highest BCUT2D eigenvalue weighted by atomic mass is 15.3. The maximum Gasteiger partial charge on any atom is 0.0731 e. The van der Waals surface area contributed by atoms with Crippen molar-refractivity contribution in [3.63, 3.8) is 0 Å². The van der Waals surface area contributed by atoms with E-state index in [-0.39, 0.29) is 0 Å². The Kier molecular flexibility index (Phi) is 2.69. The number of hydrogen-bond acceptors (Lipinski definition) is 2. The zero-order valence-electron chi connectivity index (χ0n) is 7.15. The Bertz CT molecular complexity index is 101. The van der Waals surface area contributed by atoms with Gasteiger partial charge >= 0.3 is 0 Å². The molecule has 1 aliphatic heterocycles. The number of nitrogens with one attached hydrogen (secondary N) is 2. The van der Waals surface area contributed by atoms with Gasteiger partial charge in [0.2, 0.25) is 0 Å². The van der Waals surface area contributed by atoms with Gasteiger partial charge in [0.05, 0.1) is 6.17 Å². The third kappa shape index (κ3) is 2.27. The van der Waals surface area contributed by atoms with Crippen molar-refractivity contribution in [1.29, 1.82) is 0 Å². The molecule has 2 N–H and O–H groups in total. The molecule has 0 saturated carbocycles. The van der Waals surface area contributed by atoms with Crippen molar-refractivity contribution in [3.05, 3.63) is 0 Å². The Morgan fingerprint density at radius 1 is 1.50 bits per heavy atom. The van der Waals surface area contributed by atoms with E-state index in [0.29, 0.717) is 6.17 Å². The van der Waals surface area contributed by atoms with E-state index >= 15 is 0 Å².